The van der Waals surface area contributed by atoms with Crippen molar-refractivity contribution in [2.24, 2.45) is 0 Å². The minimum absolute atomic E-state index is 0.00924. The standard InChI is InChI=1S/C28H26ClFN4O5S2/c1-5-12-34-25(16(2)39-22-11-8-18(30)13-21(22)29)32-33-28(34)41-15-23(35)31-26-24(27(36)38-4)20(14-40-26)17-6-9-19(37-3)10-7-17/h5-11,13-14,16H,1,12,15H2,2-4H3,(H,31,35). The number of nitrogens with zero attached hydrogens (tertiary/aromatic N) is 3. The van der Waals surface area contributed by atoms with E-state index in [1.54, 1.807) is 42.2 Å². The van der Waals surface area contributed by atoms with E-state index in [1.165, 1.54) is 30.6 Å². The fourth-order valence-corrected chi connectivity index (χ4v) is 5.79. The topological polar surface area (TPSA) is 105 Å². The molecule has 4 aromatic rings. The minimum Gasteiger partial charge on any atom is -0.497 e. The Morgan fingerprint density at radius 1 is 1.22 bits per heavy atom. The van der Waals surface area contributed by atoms with Crippen molar-refractivity contribution >= 4 is 51.6 Å². The maximum atomic E-state index is 13.4. The van der Waals surface area contributed by atoms with E-state index in [-0.39, 0.29) is 22.2 Å². The summed E-state index contributed by atoms with van der Waals surface area (Å²) in [7, 11) is 2.86. The van der Waals surface area contributed by atoms with E-state index in [2.05, 4.69) is 22.1 Å². The van der Waals surface area contributed by atoms with Gasteiger partial charge in [-0.1, -0.05) is 41.6 Å². The Bertz CT molecular complexity index is 1560. The van der Waals surface area contributed by atoms with Gasteiger partial charge < -0.3 is 19.5 Å². The van der Waals surface area contributed by atoms with E-state index in [1.807, 2.05) is 12.1 Å². The Labute approximate surface area is 249 Å². The first-order valence-electron chi connectivity index (χ1n) is 12.2. The quantitative estimate of drug-likeness (QED) is 0.107. The molecule has 2 aromatic carbocycles. The van der Waals surface area contributed by atoms with Crippen LogP contribution in [0, 0.1) is 5.82 Å². The molecule has 1 unspecified atom stereocenters. The summed E-state index contributed by atoms with van der Waals surface area (Å²) in [4.78, 5) is 25.6. The largest absolute Gasteiger partial charge is 0.497 e. The number of carbonyl (C=O) groups is 2. The van der Waals surface area contributed by atoms with Crippen molar-refractivity contribution in [3.63, 3.8) is 0 Å². The Morgan fingerprint density at radius 3 is 2.63 bits per heavy atom. The van der Waals surface area contributed by atoms with Gasteiger partial charge in [0.15, 0.2) is 17.1 Å². The molecule has 13 heteroatoms. The molecular formula is C28H26ClFN4O5S2. The lowest BCUT2D eigenvalue weighted by Gasteiger charge is -2.16. The van der Waals surface area contributed by atoms with E-state index in [0.29, 0.717) is 39.6 Å². The highest BCUT2D eigenvalue weighted by Gasteiger charge is 2.24. The lowest BCUT2D eigenvalue weighted by molar-refractivity contribution is -0.113. The summed E-state index contributed by atoms with van der Waals surface area (Å²) in [6, 6.07) is 11.1. The van der Waals surface area contributed by atoms with Gasteiger partial charge in [0.25, 0.3) is 0 Å². The second kappa shape index (κ2) is 13.7. The van der Waals surface area contributed by atoms with E-state index in [0.717, 1.165) is 23.4 Å². The van der Waals surface area contributed by atoms with Crippen LogP contribution in [0.15, 0.2) is 65.7 Å². The zero-order chi connectivity index (χ0) is 29.5. The average Bonchev–Trinajstić information content (AvgIpc) is 3.57. The third kappa shape index (κ3) is 7.07. The molecule has 0 aliphatic rings. The number of hydrogen-bond acceptors (Lipinski definition) is 9. The number of nitrogens with one attached hydrogen (secondary N) is 1. The molecule has 2 heterocycles. The molecule has 9 nitrogen and oxygen atoms in total. The average molecular weight is 617 g/mol. The zero-order valence-electron chi connectivity index (χ0n) is 22.4. The Hall–Kier alpha value is -3.87. The number of hydrogen-bond donors (Lipinski definition) is 1. The number of esters is 1. The predicted octanol–water partition coefficient (Wildman–Crippen LogP) is 6.65. The zero-order valence-corrected chi connectivity index (χ0v) is 24.7. The van der Waals surface area contributed by atoms with Crippen molar-refractivity contribution in [3.8, 4) is 22.6 Å². The van der Waals surface area contributed by atoms with Crippen LogP contribution < -0.4 is 14.8 Å². The molecule has 0 aliphatic heterocycles. The Kier molecular flexibility index (Phi) is 10.0. The smallest absolute Gasteiger partial charge is 0.341 e. The van der Waals surface area contributed by atoms with Crippen molar-refractivity contribution in [3.05, 3.63) is 82.7 Å². The highest BCUT2D eigenvalue weighted by molar-refractivity contribution is 7.99. The summed E-state index contributed by atoms with van der Waals surface area (Å²) in [5, 5.41) is 14.0. The summed E-state index contributed by atoms with van der Waals surface area (Å²) < 4.78 is 31.3. The van der Waals surface area contributed by atoms with Crippen LogP contribution in [0.4, 0.5) is 9.39 Å². The summed E-state index contributed by atoms with van der Waals surface area (Å²) in [5.74, 6) is 0.0649. The number of carbonyl (C=O) groups excluding carboxylic acids is 2. The molecule has 0 spiro atoms. The first kappa shape index (κ1) is 30.1. The summed E-state index contributed by atoms with van der Waals surface area (Å²) >= 11 is 8.49. The number of thiophene rings is 1. The molecule has 0 fully saturated rings. The molecule has 0 aliphatic carbocycles. The fourth-order valence-electron chi connectivity index (χ4n) is 3.85. The molecule has 0 bridgehead atoms. The van der Waals surface area contributed by atoms with Crippen molar-refractivity contribution in [1.82, 2.24) is 14.8 Å². The van der Waals surface area contributed by atoms with Crippen LogP contribution in [0.2, 0.25) is 5.02 Å². The van der Waals surface area contributed by atoms with Gasteiger partial charge in [-0.2, -0.15) is 0 Å². The second-order valence-corrected chi connectivity index (χ2v) is 10.7. The molecular weight excluding hydrogens is 591 g/mol. The molecule has 4 rings (SSSR count). The van der Waals surface area contributed by atoms with Gasteiger partial charge in [-0.25, -0.2) is 9.18 Å². The Balaban J connectivity index is 1.48. The van der Waals surface area contributed by atoms with Crippen LogP contribution in [-0.2, 0) is 16.1 Å². The van der Waals surface area contributed by atoms with Crippen LogP contribution >= 0.6 is 34.7 Å². The first-order valence-corrected chi connectivity index (χ1v) is 14.4. The molecule has 214 valence electrons. The van der Waals surface area contributed by atoms with Crippen molar-refractivity contribution < 1.29 is 28.2 Å². The molecule has 0 saturated carbocycles. The molecule has 1 N–H and O–H groups in total. The number of halogens is 2. The van der Waals surface area contributed by atoms with E-state index < -0.39 is 17.9 Å². The van der Waals surface area contributed by atoms with Crippen molar-refractivity contribution in [1.29, 1.82) is 0 Å². The van der Waals surface area contributed by atoms with Crippen LogP contribution in [0.3, 0.4) is 0 Å². The van der Waals surface area contributed by atoms with Crippen LogP contribution in [0.5, 0.6) is 11.5 Å². The van der Waals surface area contributed by atoms with Gasteiger partial charge in [-0.15, -0.1) is 28.1 Å². The number of thioether (sulfide) groups is 1. The summed E-state index contributed by atoms with van der Waals surface area (Å²) in [6.45, 7) is 5.91. The van der Waals surface area contributed by atoms with Gasteiger partial charge in [0.2, 0.25) is 5.91 Å². The second-order valence-electron chi connectivity index (χ2n) is 8.49. The molecule has 1 amide bonds. The van der Waals surface area contributed by atoms with Crippen molar-refractivity contribution in [2.75, 3.05) is 25.3 Å². The molecule has 2 aromatic heterocycles. The lowest BCUT2D eigenvalue weighted by Crippen LogP contribution is -2.17. The van der Waals surface area contributed by atoms with E-state index in [4.69, 9.17) is 25.8 Å². The van der Waals surface area contributed by atoms with Gasteiger partial charge in [0.05, 0.1) is 25.0 Å². The highest BCUT2D eigenvalue weighted by Crippen LogP contribution is 2.37. The Morgan fingerprint density at radius 2 is 1.98 bits per heavy atom. The molecule has 41 heavy (non-hydrogen) atoms. The third-order valence-electron chi connectivity index (χ3n) is 5.79. The van der Waals surface area contributed by atoms with Crippen LogP contribution in [-0.4, -0.2) is 46.6 Å². The van der Waals surface area contributed by atoms with Gasteiger partial charge >= 0.3 is 5.97 Å². The number of methoxy groups -OCH3 is 2. The van der Waals surface area contributed by atoms with Crippen LogP contribution in [0.1, 0.15) is 29.2 Å². The maximum absolute atomic E-state index is 13.4. The van der Waals surface area contributed by atoms with Gasteiger partial charge in [0, 0.05) is 17.5 Å². The normalized spacial score (nSPS) is 11.5. The third-order valence-corrected chi connectivity index (χ3v) is 7.94. The number of benzene rings is 2. The predicted molar refractivity (Wildman–Crippen MR) is 158 cm³/mol. The minimum atomic E-state index is -0.585. The monoisotopic (exact) mass is 616 g/mol. The lowest BCUT2D eigenvalue weighted by atomic mass is 10.0. The number of allylic oxidation sites excluding steroid dienone is 1. The first-order chi connectivity index (χ1) is 19.7. The van der Waals surface area contributed by atoms with Crippen molar-refractivity contribution in [2.45, 2.75) is 24.7 Å². The van der Waals surface area contributed by atoms with E-state index in [9.17, 15) is 14.0 Å². The number of anilines is 1. The number of amides is 1. The molecule has 1 atom stereocenters. The van der Waals surface area contributed by atoms with Gasteiger partial charge in [0.1, 0.15) is 27.9 Å². The van der Waals surface area contributed by atoms with Crippen LogP contribution in [0.25, 0.3) is 11.1 Å². The SMILES string of the molecule is C=CCn1c(SCC(=O)Nc2scc(-c3ccc(OC)cc3)c2C(=O)OC)nnc1C(C)Oc1ccc(F)cc1Cl. The maximum Gasteiger partial charge on any atom is 0.341 e. The molecule has 0 radical (unpaired) electrons. The number of aromatic nitrogens is 3. The molecule has 0 saturated heterocycles. The summed E-state index contributed by atoms with van der Waals surface area (Å²) in [6.07, 6.45) is 1.09. The highest BCUT2D eigenvalue weighted by atomic mass is 35.5. The fraction of sp³-hybridized carbons (Fsp3) is 0.214. The number of rotatable bonds is 12. The van der Waals surface area contributed by atoms with Gasteiger partial charge in [-0.3, -0.25) is 9.36 Å². The van der Waals surface area contributed by atoms with Gasteiger partial charge in [-0.05, 0) is 42.8 Å². The summed E-state index contributed by atoms with van der Waals surface area (Å²) in [5.41, 5.74) is 1.68. The number of ether oxygens (including phenoxy) is 3. The van der Waals surface area contributed by atoms with E-state index >= 15 is 0 Å².